The Bertz CT molecular complexity index is 597. The van der Waals surface area contributed by atoms with Crippen LogP contribution in [0.4, 0.5) is 0 Å². The highest BCUT2D eigenvalue weighted by molar-refractivity contribution is 7.09. The normalized spacial score (nSPS) is 15.0. The van der Waals surface area contributed by atoms with E-state index in [9.17, 15) is 4.79 Å². The molecule has 0 aliphatic carbocycles. The number of unbranched alkanes of at least 4 members (excludes halogenated alkanes) is 1. The second-order valence-corrected chi connectivity index (χ2v) is 9.08. The summed E-state index contributed by atoms with van der Waals surface area (Å²) in [6, 6.07) is 0. The second kappa shape index (κ2) is 12.2. The van der Waals surface area contributed by atoms with Gasteiger partial charge in [-0.3, -0.25) is 4.79 Å². The van der Waals surface area contributed by atoms with Crippen LogP contribution in [0.1, 0.15) is 83.8 Å². The molecule has 0 amide bonds. The van der Waals surface area contributed by atoms with Crippen molar-refractivity contribution in [3.63, 3.8) is 0 Å². The maximum atomic E-state index is 12.0. The smallest absolute Gasteiger partial charge is 0.138 e. The number of aryl methyl sites for hydroxylation is 1. The van der Waals surface area contributed by atoms with Crippen LogP contribution in [0.2, 0.25) is 0 Å². The molecule has 0 fully saturated rings. The lowest BCUT2D eigenvalue weighted by Gasteiger charge is -2.17. The minimum atomic E-state index is 0.164. The van der Waals surface area contributed by atoms with Crippen molar-refractivity contribution >= 4 is 23.2 Å². The van der Waals surface area contributed by atoms with E-state index in [0.717, 1.165) is 36.4 Å². The Labute approximate surface area is 164 Å². The van der Waals surface area contributed by atoms with E-state index in [2.05, 4.69) is 49.4 Å². The number of hydrogen-bond donors (Lipinski definition) is 0. The number of carbonyl (C=O) groups is 1. The van der Waals surface area contributed by atoms with E-state index in [4.69, 9.17) is 0 Å². The number of Topliss-reactive ketones (excluding diaryl/α,β-unsaturated/α-hetero) is 1. The molecule has 0 aliphatic heterocycles. The predicted molar refractivity (Wildman–Crippen MR) is 116 cm³/mol. The standard InChI is InChI=1S/C23H37NOS/c1-17(2)23(25)20(5)14-18(3)12-10-8-7-9-11-13-19(4)15-22-16-26-21(6)24-22/h7,9,15-18,20H,8,10-14H2,1-6H3. The Hall–Kier alpha value is -1.22. The number of allylic oxidation sites excluding steroid dienone is 3. The van der Waals surface area contributed by atoms with Gasteiger partial charge in [-0.05, 0) is 57.9 Å². The van der Waals surface area contributed by atoms with Crippen molar-refractivity contribution in [2.24, 2.45) is 17.8 Å². The van der Waals surface area contributed by atoms with E-state index in [1.165, 1.54) is 18.4 Å². The fraction of sp³-hybridized carbons (Fsp3) is 0.652. The number of ketones is 1. The molecule has 0 N–H and O–H groups in total. The van der Waals surface area contributed by atoms with E-state index >= 15 is 0 Å². The van der Waals surface area contributed by atoms with Gasteiger partial charge < -0.3 is 0 Å². The van der Waals surface area contributed by atoms with Crippen molar-refractivity contribution < 1.29 is 4.79 Å². The van der Waals surface area contributed by atoms with Gasteiger partial charge in [-0.1, -0.05) is 51.8 Å². The number of aromatic nitrogens is 1. The van der Waals surface area contributed by atoms with E-state index in [-0.39, 0.29) is 11.8 Å². The molecule has 146 valence electrons. The number of carbonyl (C=O) groups excluding carboxylic acids is 1. The lowest BCUT2D eigenvalue weighted by Crippen LogP contribution is -2.19. The molecule has 2 nitrogen and oxygen atoms in total. The van der Waals surface area contributed by atoms with E-state index in [1.54, 1.807) is 11.3 Å². The third-order valence-electron chi connectivity index (χ3n) is 4.78. The monoisotopic (exact) mass is 375 g/mol. The third-order valence-corrected chi connectivity index (χ3v) is 5.57. The molecule has 1 heterocycles. The van der Waals surface area contributed by atoms with Gasteiger partial charge in [-0.25, -0.2) is 4.98 Å². The molecule has 0 spiro atoms. The average molecular weight is 376 g/mol. The largest absolute Gasteiger partial charge is 0.299 e. The van der Waals surface area contributed by atoms with Crippen molar-refractivity contribution in [2.75, 3.05) is 0 Å². The maximum absolute atomic E-state index is 12.0. The SMILES string of the molecule is CC(=Cc1csc(C)n1)CCC=CCCCC(C)CC(C)C(=O)C(C)C. The van der Waals surface area contributed by atoms with Gasteiger partial charge in [0.05, 0.1) is 10.7 Å². The molecule has 3 heteroatoms. The zero-order chi connectivity index (χ0) is 19.5. The minimum absolute atomic E-state index is 0.164. The summed E-state index contributed by atoms with van der Waals surface area (Å²) < 4.78 is 0. The summed E-state index contributed by atoms with van der Waals surface area (Å²) in [4.78, 5) is 16.5. The van der Waals surface area contributed by atoms with Crippen LogP contribution in [-0.2, 0) is 4.79 Å². The number of nitrogens with zero attached hydrogens (tertiary/aromatic N) is 1. The Morgan fingerprint density at radius 1 is 1.19 bits per heavy atom. The second-order valence-electron chi connectivity index (χ2n) is 8.02. The molecular formula is C23H37NOS. The van der Waals surface area contributed by atoms with Crippen LogP contribution >= 0.6 is 11.3 Å². The van der Waals surface area contributed by atoms with Crippen LogP contribution in [0.5, 0.6) is 0 Å². The Balaban J connectivity index is 2.15. The minimum Gasteiger partial charge on any atom is -0.299 e. The molecule has 0 aliphatic rings. The van der Waals surface area contributed by atoms with Crippen LogP contribution in [0, 0.1) is 24.7 Å². The number of rotatable bonds is 12. The number of hydrogen-bond acceptors (Lipinski definition) is 3. The van der Waals surface area contributed by atoms with Gasteiger partial charge >= 0.3 is 0 Å². The topological polar surface area (TPSA) is 30.0 Å². The maximum Gasteiger partial charge on any atom is 0.138 e. The van der Waals surface area contributed by atoms with Gasteiger partial charge in [0.25, 0.3) is 0 Å². The Kier molecular flexibility index (Phi) is 10.7. The average Bonchev–Trinajstić information content (AvgIpc) is 2.97. The van der Waals surface area contributed by atoms with Gasteiger partial charge in [0, 0.05) is 17.2 Å². The zero-order valence-electron chi connectivity index (χ0n) is 17.5. The summed E-state index contributed by atoms with van der Waals surface area (Å²) in [5.74, 6) is 1.41. The Morgan fingerprint density at radius 3 is 2.50 bits per heavy atom. The summed E-state index contributed by atoms with van der Waals surface area (Å²) in [5, 5.41) is 3.24. The lowest BCUT2D eigenvalue weighted by atomic mass is 9.87. The Morgan fingerprint density at radius 2 is 1.88 bits per heavy atom. The summed E-state index contributed by atoms with van der Waals surface area (Å²) >= 11 is 1.70. The molecule has 1 aromatic rings. The van der Waals surface area contributed by atoms with Crippen LogP contribution in [-0.4, -0.2) is 10.8 Å². The fourth-order valence-electron chi connectivity index (χ4n) is 3.31. The lowest BCUT2D eigenvalue weighted by molar-refractivity contribution is -0.125. The first-order valence-corrected chi connectivity index (χ1v) is 11.0. The van der Waals surface area contributed by atoms with Crippen molar-refractivity contribution in [2.45, 2.75) is 80.1 Å². The quantitative estimate of drug-likeness (QED) is 0.284. The highest BCUT2D eigenvalue weighted by atomic mass is 32.1. The van der Waals surface area contributed by atoms with Gasteiger partial charge in [0.2, 0.25) is 0 Å². The molecule has 26 heavy (non-hydrogen) atoms. The number of thiazole rings is 1. The molecule has 1 rings (SSSR count). The molecule has 0 bridgehead atoms. The van der Waals surface area contributed by atoms with Gasteiger partial charge in [0.15, 0.2) is 0 Å². The predicted octanol–water partition coefficient (Wildman–Crippen LogP) is 7.25. The van der Waals surface area contributed by atoms with Crippen LogP contribution < -0.4 is 0 Å². The summed E-state index contributed by atoms with van der Waals surface area (Å²) in [6.45, 7) is 12.6. The first-order chi connectivity index (χ1) is 12.3. The highest BCUT2D eigenvalue weighted by Crippen LogP contribution is 2.21. The van der Waals surface area contributed by atoms with Gasteiger partial charge in [-0.15, -0.1) is 11.3 Å². The first-order valence-electron chi connectivity index (χ1n) is 10.1. The van der Waals surface area contributed by atoms with Crippen LogP contribution in [0.25, 0.3) is 6.08 Å². The third kappa shape index (κ3) is 9.47. The van der Waals surface area contributed by atoms with Crippen LogP contribution in [0.15, 0.2) is 23.1 Å². The first kappa shape index (κ1) is 22.8. The van der Waals surface area contributed by atoms with E-state index in [1.807, 2.05) is 20.8 Å². The van der Waals surface area contributed by atoms with E-state index < -0.39 is 0 Å². The molecular weight excluding hydrogens is 338 g/mol. The molecule has 2 atom stereocenters. The summed E-state index contributed by atoms with van der Waals surface area (Å²) in [6.07, 6.45) is 13.6. The van der Waals surface area contributed by atoms with Crippen molar-refractivity contribution in [3.05, 3.63) is 33.8 Å². The molecule has 2 unspecified atom stereocenters. The van der Waals surface area contributed by atoms with Crippen molar-refractivity contribution in [1.82, 2.24) is 4.98 Å². The van der Waals surface area contributed by atoms with Gasteiger partial charge in [0.1, 0.15) is 5.78 Å². The fourth-order valence-corrected chi connectivity index (χ4v) is 3.88. The highest BCUT2D eigenvalue weighted by Gasteiger charge is 2.18. The van der Waals surface area contributed by atoms with Crippen molar-refractivity contribution in [1.29, 1.82) is 0 Å². The molecule has 0 saturated carbocycles. The van der Waals surface area contributed by atoms with Crippen LogP contribution in [0.3, 0.4) is 0 Å². The summed E-state index contributed by atoms with van der Waals surface area (Å²) in [5.41, 5.74) is 2.48. The molecule has 1 aromatic heterocycles. The summed E-state index contributed by atoms with van der Waals surface area (Å²) in [7, 11) is 0. The molecule has 0 saturated heterocycles. The van der Waals surface area contributed by atoms with Gasteiger partial charge in [-0.2, -0.15) is 0 Å². The molecule has 0 radical (unpaired) electrons. The van der Waals surface area contributed by atoms with E-state index in [0.29, 0.717) is 11.7 Å². The molecule has 0 aromatic carbocycles. The zero-order valence-corrected chi connectivity index (χ0v) is 18.4. The van der Waals surface area contributed by atoms with Crippen molar-refractivity contribution in [3.8, 4) is 0 Å².